The summed E-state index contributed by atoms with van der Waals surface area (Å²) in [7, 11) is 0. The Balaban J connectivity index is 1.51. The summed E-state index contributed by atoms with van der Waals surface area (Å²) in [6, 6.07) is 24.3. The Labute approximate surface area is 200 Å². The van der Waals surface area contributed by atoms with Gasteiger partial charge in [0.1, 0.15) is 17.0 Å². The van der Waals surface area contributed by atoms with Gasteiger partial charge in [0.05, 0.1) is 9.88 Å². The molecule has 0 unspecified atom stereocenters. The summed E-state index contributed by atoms with van der Waals surface area (Å²) in [4.78, 5) is 31.8. The smallest absolute Gasteiger partial charge is 0.293 e. The van der Waals surface area contributed by atoms with E-state index in [0.717, 1.165) is 21.0 Å². The van der Waals surface area contributed by atoms with Crippen molar-refractivity contribution in [1.29, 1.82) is 0 Å². The number of rotatable bonds is 5. The van der Waals surface area contributed by atoms with Crippen LogP contribution in [0.3, 0.4) is 0 Å². The van der Waals surface area contributed by atoms with Gasteiger partial charge >= 0.3 is 0 Å². The van der Waals surface area contributed by atoms with Crippen LogP contribution in [0.2, 0.25) is 0 Å². The molecule has 3 aromatic carbocycles. The molecule has 6 nitrogen and oxygen atoms in total. The third-order valence-corrected chi connectivity index (χ3v) is 6.35. The second kappa shape index (κ2) is 8.96. The molecule has 7 heteroatoms. The third-order valence-electron chi connectivity index (χ3n) is 5.33. The lowest BCUT2D eigenvalue weighted by atomic mass is 10.1. The number of nitrogens with one attached hydrogen (secondary N) is 2. The Hall–Kier alpha value is -4.23. The average molecular weight is 468 g/mol. The van der Waals surface area contributed by atoms with Gasteiger partial charge in [-0.15, -0.1) is 11.3 Å². The summed E-state index contributed by atoms with van der Waals surface area (Å²) in [6.07, 6.45) is 0. The van der Waals surface area contributed by atoms with E-state index < -0.39 is 11.8 Å². The van der Waals surface area contributed by atoms with Gasteiger partial charge in [0.15, 0.2) is 0 Å². The van der Waals surface area contributed by atoms with Crippen molar-refractivity contribution in [1.82, 2.24) is 4.98 Å². The van der Waals surface area contributed by atoms with Crippen LogP contribution < -0.4 is 10.6 Å². The number of nitrogens with zero attached hydrogens (tertiary/aromatic N) is 1. The predicted molar refractivity (Wildman–Crippen MR) is 136 cm³/mol. The highest BCUT2D eigenvalue weighted by atomic mass is 32.1. The fourth-order valence-electron chi connectivity index (χ4n) is 3.69. The molecular formula is C27H21N3O3S. The van der Waals surface area contributed by atoms with Crippen LogP contribution in [0.15, 0.2) is 83.3 Å². The highest BCUT2D eigenvalue weighted by molar-refractivity contribution is 7.15. The molecule has 0 bridgehead atoms. The second-order valence-electron chi connectivity index (χ2n) is 7.85. The van der Waals surface area contributed by atoms with Crippen LogP contribution in [0.4, 0.5) is 11.4 Å². The maximum Gasteiger partial charge on any atom is 0.293 e. The number of hydrogen-bond donors (Lipinski definition) is 2. The van der Waals surface area contributed by atoms with E-state index in [2.05, 4.69) is 15.6 Å². The van der Waals surface area contributed by atoms with Gasteiger partial charge in [0.25, 0.3) is 11.8 Å². The molecule has 2 aromatic heterocycles. The quantitative estimate of drug-likeness (QED) is 0.302. The fourth-order valence-corrected chi connectivity index (χ4v) is 4.61. The molecule has 0 saturated carbocycles. The Bertz CT molecular complexity index is 1500. The summed E-state index contributed by atoms with van der Waals surface area (Å²) < 4.78 is 5.87. The molecule has 2 amide bonds. The topological polar surface area (TPSA) is 84.2 Å². The van der Waals surface area contributed by atoms with E-state index in [1.165, 1.54) is 11.3 Å². The van der Waals surface area contributed by atoms with E-state index in [4.69, 9.17) is 4.42 Å². The lowest BCUT2D eigenvalue weighted by Crippen LogP contribution is -2.18. The minimum atomic E-state index is -0.451. The molecule has 0 aliphatic rings. The second-order valence-corrected chi connectivity index (χ2v) is 9.06. The molecule has 168 valence electrons. The van der Waals surface area contributed by atoms with E-state index in [-0.39, 0.29) is 5.76 Å². The van der Waals surface area contributed by atoms with Gasteiger partial charge in [-0.05, 0) is 43.7 Å². The van der Waals surface area contributed by atoms with Gasteiger partial charge in [0.2, 0.25) is 5.76 Å². The molecule has 0 radical (unpaired) electrons. The number of amides is 2. The van der Waals surface area contributed by atoms with Crippen LogP contribution in [0, 0.1) is 13.8 Å². The van der Waals surface area contributed by atoms with E-state index in [1.807, 2.05) is 86.6 Å². The largest absolute Gasteiger partial charge is 0.449 e. The van der Waals surface area contributed by atoms with Gasteiger partial charge in [-0.2, -0.15) is 0 Å². The highest BCUT2D eigenvalue weighted by Gasteiger charge is 2.25. The van der Waals surface area contributed by atoms with Gasteiger partial charge in [-0.3, -0.25) is 9.59 Å². The zero-order valence-electron chi connectivity index (χ0n) is 18.6. The summed E-state index contributed by atoms with van der Waals surface area (Å²) in [5, 5.41) is 7.16. The maximum absolute atomic E-state index is 13.4. The monoisotopic (exact) mass is 467 g/mol. The summed E-state index contributed by atoms with van der Waals surface area (Å²) in [5.41, 5.74) is 3.76. The Morgan fingerprint density at radius 1 is 0.824 bits per heavy atom. The third kappa shape index (κ3) is 4.21. The number of fused-ring (bicyclic) bond motifs is 1. The normalized spacial score (nSPS) is 10.9. The Morgan fingerprint density at radius 3 is 2.29 bits per heavy atom. The van der Waals surface area contributed by atoms with Crippen LogP contribution in [0.25, 0.3) is 21.4 Å². The first-order valence-electron chi connectivity index (χ1n) is 10.7. The van der Waals surface area contributed by atoms with E-state index in [1.54, 1.807) is 6.07 Å². The maximum atomic E-state index is 13.4. The van der Waals surface area contributed by atoms with Crippen molar-refractivity contribution in [3.63, 3.8) is 0 Å². The molecule has 5 aromatic rings. The van der Waals surface area contributed by atoms with Gasteiger partial charge in [-0.25, -0.2) is 4.98 Å². The number of aryl methyl sites for hydroxylation is 2. The van der Waals surface area contributed by atoms with Crippen LogP contribution in [0.1, 0.15) is 31.6 Å². The van der Waals surface area contributed by atoms with Crippen LogP contribution >= 0.6 is 11.3 Å². The zero-order chi connectivity index (χ0) is 23.7. The van der Waals surface area contributed by atoms with Crippen molar-refractivity contribution >= 4 is 45.5 Å². The van der Waals surface area contributed by atoms with Crippen LogP contribution in [0.5, 0.6) is 0 Å². The number of para-hydroxylation sites is 1. The average Bonchev–Trinajstić information content (AvgIpc) is 3.42. The number of thiazole rings is 1. The minimum Gasteiger partial charge on any atom is -0.449 e. The number of aromatic nitrogens is 1. The van der Waals surface area contributed by atoms with E-state index in [0.29, 0.717) is 28.0 Å². The first-order valence-corrected chi connectivity index (χ1v) is 11.5. The molecular weight excluding hydrogens is 446 g/mol. The van der Waals surface area contributed by atoms with Crippen molar-refractivity contribution in [2.75, 3.05) is 10.6 Å². The van der Waals surface area contributed by atoms with Gasteiger partial charge in [0, 0.05) is 11.1 Å². The molecule has 5 rings (SSSR count). The van der Waals surface area contributed by atoms with Gasteiger partial charge in [-0.1, -0.05) is 60.2 Å². The van der Waals surface area contributed by atoms with Crippen molar-refractivity contribution in [2.45, 2.75) is 13.8 Å². The van der Waals surface area contributed by atoms with Crippen LogP contribution in [-0.4, -0.2) is 16.8 Å². The number of hydrogen-bond acceptors (Lipinski definition) is 5. The van der Waals surface area contributed by atoms with Gasteiger partial charge < -0.3 is 15.1 Å². The predicted octanol–water partition coefficient (Wildman–Crippen LogP) is 6.68. The lowest BCUT2D eigenvalue weighted by molar-refractivity contribution is 0.0999. The first-order chi connectivity index (χ1) is 16.5. The van der Waals surface area contributed by atoms with E-state index in [9.17, 15) is 9.59 Å². The first kappa shape index (κ1) is 21.6. The number of anilines is 2. The number of furan rings is 1. The molecule has 2 N–H and O–H groups in total. The highest BCUT2D eigenvalue weighted by Crippen LogP contribution is 2.34. The number of carbonyl (C=O) groups excluding carboxylic acids is 2. The van der Waals surface area contributed by atoms with E-state index >= 15 is 0 Å². The minimum absolute atomic E-state index is 0.0309. The van der Waals surface area contributed by atoms with Crippen LogP contribution in [-0.2, 0) is 0 Å². The molecule has 0 saturated heterocycles. The SMILES string of the molecule is Cc1ccc(NC(=O)c2oc3ccccc3c2NC(=O)c2nc(C)sc2-c2ccccc2)cc1. The van der Waals surface area contributed by atoms with Crippen molar-refractivity contribution in [3.05, 3.63) is 101 Å². The summed E-state index contributed by atoms with van der Waals surface area (Å²) in [6.45, 7) is 3.84. The van der Waals surface area contributed by atoms with Crippen molar-refractivity contribution in [3.8, 4) is 10.4 Å². The van der Waals surface area contributed by atoms with Crippen molar-refractivity contribution < 1.29 is 14.0 Å². The molecule has 0 aliphatic carbocycles. The molecule has 34 heavy (non-hydrogen) atoms. The Kier molecular flexibility index (Phi) is 5.69. The Morgan fingerprint density at radius 2 is 1.53 bits per heavy atom. The zero-order valence-corrected chi connectivity index (χ0v) is 19.4. The summed E-state index contributed by atoms with van der Waals surface area (Å²) >= 11 is 1.45. The van der Waals surface area contributed by atoms with Crippen molar-refractivity contribution in [2.24, 2.45) is 0 Å². The molecule has 0 spiro atoms. The molecule has 0 atom stereocenters. The fraction of sp³-hybridized carbons (Fsp3) is 0.0741. The molecule has 0 aliphatic heterocycles. The molecule has 2 heterocycles. The number of carbonyl (C=O) groups is 2. The standard InChI is InChI=1S/C27H21N3O3S/c1-16-12-14-19(15-13-16)29-27(32)24-22(20-10-6-7-11-21(20)33-24)30-26(31)23-25(34-17(2)28-23)18-8-4-3-5-9-18/h3-15H,1-2H3,(H,29,32)(H,30,31). The summed E-state index contributed by atoms with van der Waals surface area (Å²) in [5.74, 6) is -0.824. The lowest BCUT2D eigenvalue weighted by Gasteiger charge is -2.08. The molecule has 0 fully saturated rings. The number of benzene rings is 3.